The zero-order chi connectivity index (χ0) is 45.1. The molecule has 2 N–H and O–H groups in total. The first-order valence-electron chi connectivity index (χ1n) is 24.6. The molecule has 0 bridgehead atoms. The van der Waals surface area contributed by atoms with Gasteiger partial charge in [-0.05, 0) is 108 Å². The Balaban J connectivity index is 1.29. The molecule has 0 aliphatic carbocycles. The van der Waals surface area contributed by atoms with Gasteiger partial charge in [0.2, 0.25) is 17.5 Å². The average Bonchev–Trinajstić information content (AvgIpc) is 3.59. The van der Waals surface area contributed by atoms with Crippen LogP contribution in [0.25, 0.3) is 0 Å². The molecule has 11 heteroatoms. The zero-order valence-corrected chi connectivity index (χ0v) is 40.1. The van der Waals surface area contributed by atoms with E-state index in [2.05, 4.69) is 41.5 Å². The van der Waals surface area contributed by atoms with Crippen LogP contribution in [0.5, 0.6) is 0 Å². The van der Waals surface area contributed by atoms with E-state index >= 15 is 0 Å². The van der Waals surface area contributed by atoms with Crippen molar-refractivity contribution >= 4 is 17.5 Å². The molecule has 4 saturated heterocycles. The molecule has 0 saturated carbocycles. The zero-order valence-electron chi connectivity index (χ0n) is 40.1. The molecule has 1 amide bonds. The lowest BCUT2D eigenvalue weighted by atomic mass is 9.72. The molecule has 5 heterocycles. The van der Waals surface area contributed by atoms with Crippen molar-refractivity contribution in [3.05, 3.63) is 12.2 Å². The highest BCUT2D eigenvalue weighted by Gasteiger charge is 2.63. The number of rotatable bonds is 18. The summed E-state index contributed by atoms with van der Waals surface area (Å²) in [6.45, 7) is 25.9. The fourth-order valence-corrected chi connectivity index (χ4v) is 11.6. The molecule has 4 fully saturated rings. The fraction of sp³-hybridized carbons (Fsp3) is 0.900. The highest BCUT2D eigenvalue weighted by Crippen LogP contribution is 2.53. The third-order valence-electron chi connectivity index (χ3n) is 16.2. The predicted molar refractivity (Wildman–Crippen MR) is 236 cm³/mol. The molecule has 5 aliphatic rings. The Bertz CT molecular complexity index is 1510. The minimum atomic E-state index is -1.56. The van der Waals surface area contributed by atoms with Crippen LogP contribution in [0.2, 0.25) is 0 Å². The second-order valence-corrected chi connectivity index (χ2v) is 20.4. The molecule has 0 aromatic rings. The number of aliphatic hydroxyl groups excluding tert-OH is 1. The second-order valence-electron chi connectivity index (χ2n) is 20.4. The third-order valence-corrected chi connectivity index (χ3v) is 16.2. The fourth-order valence-electron chi connectivity index (χ4n) is 11.6. The van der Waals surface area contributed by atoms with Crippen LogP contribution >= 0.6 is 0 Å². The summed E-state index contributed by atoms with van der Waals surface area (Å²) in [6.07, 6.45) is 10.8. The first kappa shape index (κ1) is 50.3. The van der Waals surface area contributed by atoms with Crippen LogP contribution in [0, 0.1) is 41.4 Å². The lowest BCUT2D eigenvalue weighted by Crippen LogP contribution is -2.62. The second kappa shape index (κ2) is 20.6. The first-order chi connectivity index (χ1) is 28.8. The molecule has 61 heavy (non-hydrogen) atoms. The molecule has 2 spiro atoms. The van der Waals surface area contributed by atoms with Crippen molar-refractivity contribution in [3.63, 3.8) is 0 Å². The molecule has 350 valence electrons. The molecule has 0 aromatic carbocycles. The standard InChI is InChI=1S/C50H85NO10/c1-13-18-28-51(29-19-14-2)46(55)37(15-3)39-21-20-31(6)44(58-39)35(10)42(53)34(9)43(54)38(16-4)45-32(7)30-33(8)49(59-45)25-22-40(52)50(61-49)27-26-47(12,60-50)41-23-24-48(56,17-5)36(11)57-41/h22,25,31-39,41-42,44-45,53,56H,13-21,23-24,26-30H2,1-12H3/t31-,32+,33-,34-,35-,36+,37-,38+,39+,41-,42+,44+,45?,47+,48-,49+,50+/m1/s1. The number of amides is 1. The van der Waals surface area contributed by atoms with Gasteiger partial charge in [0.05, 0.1) is 53.7 Å². The maximum atomic E-state index is 14.7. The molecular weight excluding hydrogens is 775 g/mol. The smallest absolute Gasteiger partial charge is 0.236 e. The molecule has 1 unspecified atom stereocenters. The van der Waals surface area contributed by atoms with E-state index in [1.165, 1.54) is 0 Å². The van der Waals surface area contributed by atoms with Gasteiger partial charge in [-0.1, -0.05) is 82.1 Å². The summed E-state index contributed by atoms with van der Waals surface area (Å²) in [5, 5.41) is 23.1. The van der Waals surface area contributed by atoms with E-state index in [9.17, 15) is 24.6 Å². The van der Waals surface area contributed by atoms with Gasteiger partial charge in [0.25, 0.3) is 0 Å². The van der Waals surface area contributed by atoms with Gasteiger partial charge < -0.3 is 38.8 Å². The van der Waals surface area contributed by atoms with Crippen LogP contribution in [0.15, 0.2) is 12.2 Å². The molecule has 5 aliphatic heterocycles. The summed E-state index contributed by atoms with van der Waals surface area (Å²) in [5.41, 5.74) is -1.70. The molecule has 0 aromatic heterocycles. The van der Waals surface area contributed by atoms with Crippen molar-refractivity contribution in [3.8, 4) is 0 Å². The Morgan fingerprint density at radius 2 is 1.51 bits per heavy atom. The molecule has 5 rings (SSSR count). The van der Waals surface area contributed by atoms with Gasteiger partial charge in [-0.25, -0.2) is 0 Å². The first-order valence-corrected chi connectivity index (χ1v) is 24.6. The van der Waals surface area contributed by atoms with Crippen molar-refractivity contribution in [2.75, 3.05) is 13.1 Å². The molecule has 11 nitrogen and oxygen atoms in total. The maximum absolute atomic E-state index is 14.7. The van der Waals surface area contributed by atoms with Crippen LogP contribution in [0.3, 0.4) is 0 Å². The van der Waals surface area contributed by atoms with Crippen LogP contribution in [0.1, 0.15) is 173 Å². The Morgan fingerprint density at radius 3 is 2.10 bits per heavy atom. The number of carbonyl (C=O) groups excluding carboxylic acids is 3. The highest BCUT2D eigenvalue weighted by molar-refractivity contribution is 5.97. The van der Waals surface area contributed by atoms with Crippen LogP contribution in [-0.4, -0.2) is 105 Å². The normalized spacial score (nSPS) is 40.5. The van der Waals surface area contributed by atoms with Crippen molar-refractivity contribution in [1.82, 2.24) is 4.90 Å². The van der Waals surface area contributed by atoms with Crippen molar-refractivity contribution in [1.29, 1.82) is 0 Å². The van der Waals surface area contributed by atoms with E-state index in [1.807, 2.05) is 46.4 Å². The number of ether oxygens (including phenoxy) is 5. The van der Waals surface area contributed by atoms with Crippen molar-refractivity contribution < 1.29 is 48.3 Å². The number of carbonyl (C=O) groups is 3. The monoisotopic (exact) mass is 860 g/mol. The number of unbranched alkanes of at least 4 members (excludes halogenated alkanes) is 2. The van der Waals surface area contributed by atoms with Gasteiger partial charge in [-0.2, -0.15) is 0 Å². The van der Waals surface area contributed by atoms with Crippen LogP contribution in [-0.2, 0) is 38.1 Å². The van der Waals surface area contributed by atoms with E-state index in [0.29, 0.717) is 51.4 Å². The van der Waals surface area contributed by atoms with Crippen LogP contribution in [0.4, 0.5) is 0 Å². The lowest BCUT2D eigenvalue weighted by Gasteiger charge is -2.53. The number of hydrogen-bond acceptors (Lipinski definition) is 10. The largest absolute Gasteiger partial charge is 0.392 e. The highest BCUT2D eigenvalue weighted by atomic mass is 16.8. The van der Waals surface area contributed by atoms with Crippen molar-refractivity contribution in [2.24, 2.45) is 41.4 Å². The minimum absolute atomic E-state index is 0.00580. The Labute approximate surface area is 368 Å². The summed E-state index contributed by atoms with van der Waals surface area (Å²) in [5.74, 6) is -4.77. The van der Waals surface area contributed by atoms with Crippen LogP contribution < -0.4 is 0 Å². The predicted octanol–water partition coefficient (Wildman–Crippen LogP) is 8.74. The van der Waals surface area contributed by atoms with Gasteiger partial charge in [-0.15, -0.1) is 0 Å². The van der Waals surface area contributed by atoms with Gasteiger partial charge in [0, 0.05) is 43.2 Å². The summed E-state index contributed by atoms with van der Waals surface area (Å²) >= 11 is 0. The number of aliphatic hydroxyl groups is 2. The van der Waals surface area contributed by atoms with Gasteiger partial charge in [0.15, 0.2) is 5.79 Å². The minimum Gasteiger partial charge on any atom is -0.392 e. The number of nitrogens with zero attached hydrogens (tertiary/aromatic N) is 1. The summed E-state index contributed by atoms with van der Waals surface area (Å²) < 4.78 is 33.9. The van der Waals surface area contributed by atoms with Gasteiger partial charge in [0.1, 0.15) is 5.78 Å². The maximum Gasteiger partial charge on any atom is 0.236 e. The number of hydrogen-bond donors (Lipinski definition) is 2. The SMILES string of the molecule is CCCCN(CCCC)C(=O)[C@H](CC)[C@@H]1CC[C@@H](C)[C@@H]([C@H](C)[C@@H](O)[C@@H](C)C(=O)[C@H](CC)C2O[C@]3(C=CC(=O)[C@]4(CC[C@@](C)([C@H]5CC[C@](O)(CC)[C@H](C)O5)O4)O3)[C@H](C)C[C@@H]2C)O1. The van der Waals surface area contributed by atoms with E-state index in [1.54, 1.807) is 12.2 Å². The topological polar surface area (TPSA) is 141 Å². The average molecular weight is 860 g/mol. The van der Waals surface area contributed by atoms with Crippen molar-refractivity contribution in [2.45, 2.75) is 232 Å². The van der Waals surface area contributed by atoms with Gasteiger partial charge >= 0.3 is 0 Å². The quantitative estimate of drug-likeness (QED) is 0.138. The lowest BCUT2D eigenvalue weighted by molar-refractivity contribution is -0.378. The molecular formula is C50H85NO10. The van der Waals surface area contributed by atoms with E-state index < -0.39 is 46.8 Å². The summed E-state index contributed by atoms with van der Waals surface area (Å²) in [4.78, 5) is 44.5. The Hall–Kier alpha value is -1.73. The third kappa shape index (κ3) is 10.2. The van der Waals surface area contributed by atoms with E-state index in [4.69, 9.17) is 23.7 Å². The molecule has 0 radical (unpaired) electrons. The Kier molecular flexibility index (Phi) is 17.0. The van der Waals surface area contributed by atoms with Gasteiger partial charge in [-0.3, -0.25) is 14.4 Å². The van der Waals surface area contributed by atoms with E-state index in [-0.39, 0.29) is 71.5 Å². The summed E-state index contributed by atoms with van der Waals surface area (Å²) in [7, 11) is 0. The number of Topliss-reactive ketones (excluding diaryl/α,β-unsaturated/α-hetero) is 1. The Morgan fingerprint density at radius 1 is 0.852 bits per heavy atom. The van der Waals surface area contributed by atoms with E-state index in [0.717, 1.165) is 51.6 Å². The summed E-state index contributed by atoms with van der Waals surface area (Å²) in [6, 6.07) is 0. The molecule has 17 atom stereocenters. The number of ketones is 2.